The molecule has 3 unspecified atom stereocenters. The number of ether oxygens (including phenoxy) is 2. The number of hydrogen-bond acceptors (Lipinski definition) is 6. The van der Waals surface area contributed by atoms with Crippen LogP contribution in [0.3, 0.4) is 0 Å². The van der Waals surface area contributed by atoms with Crippen molar-refractivity contribution in [3.63, 3.8) is 0 Å². The second-order valence-corrected chi connectivity index (χ2v) is 4.10. The molecule has 7 heteroatoms. The third-order valence-corrected chi connectivity index (χ3v) is 2.86. The molecule has 1 saturated heterocycles. The number of hydrogen-bond donors (Lipinski definition) is 2. The van der Waals surface area contributed by atoms with Gasteiger partial charge in [-0.1, -0.05) is 0 Å². The van der Waals surface area contributed by atoms with Crippen molar-refractivity contribution in [3.05, 3.63) is 22.7 Å². The number of aliphatic hydroxyl groups is 1. The number of nitrogens with two attached hydrogens (primary N) is 1. The highest BCUT2D eigenvalue weighted by atomic mass is 16.6. The molecular weight excluding hydrogens is 238 g/mol. The fraction of sp³-hybridized carbons (Fsp3) is 0.636. The first-order chi connectivity index (χ1) is 8.65. The van der Waals surface area contributed by atoms with Crippen LogP contribution in [0.4, 0.5) is 5.82 Å². The van der Waals surface area contributed by atoms with Crippen LogP contribution in [0, 0.1) is 0 Å². The van der Waals surface area contributed by atoms with Crippen LogP contribution in [0.2, 0.25) is 0 Å². The number of aliphatic hydroxyl groups excluding tert-OH is 1. The van der Waals surface area contributed by atoms with E-state index >= 15 is 0 Å². The Morgan fingerprint density at radius 3 is 3.11 bits per heavy atom. The van der Waals surface area contributed by atoms with E-state index in [1.807, 2.05) is 6.92 Å². The predicted octanol–water partition coefficient (Wildman–Crippen LogP) is -0.490. The SMILES string of the molecule is CCOC1CC(CO)OC1n1ccc(N)nc1=O. The topological polar surface area (TPSA) is 99.6 Å². The third kappa shape index (κ3) is 2.53. The lowest BCUT2D eigenvalue weighted by Gasteiger charge is -2.20. The van der Waals surface area contributed by atoms with E-state index in [-0.39, 0.29) is 24.6 Å². The predicted molar refractivity (Wildman–Crippen MR) is 63.9 cm³/mol. The molecule has 18 heavy (non-hydrogen) atoms. The summed E-state index contributed by atoms with van der Waals surface area (Å²) < 4.78 is 12.5. The Kier molecular flexibility index (Phi) is 3.95. The summed E-state index contributed by atoms with van der Waals surface area (Å²) in [4.78, 5) is 15.4. The van der Waals surface area contributed by atoms with Crippen molar-refractivity contribution in [2.45, 2.75) is 31.8 Å². The second-order valence-electron chi connectivity index (χ2n) is 4.10. The van der Waals surface area contributed by atoms with Gasteiger partial charge < -0.3 is 20.3 Å². The van der Waals surface area contributed by atoms with Crippen LogP contribution in [-0.4, -0.2) is 40.1 Å². The van der Waals surface area contributed by atoms with Gasteiger partial charge in [0.25, 0.3) is 0 Å². The molecule has 3 atom stereocenters. The summed E-state index contributed by atoms with van der Waals surface area (Å²) in [6.45, 7) is 2.28. The van der Waals surface area contributed by atoms with Crippen LogP contribution in [0.25, 0.3) is 0 Å². The molecule has 0 aliphatic carbocycles. The van der Waals surface area contributed by atoms with Gasteiger partial charge in [0.1, 0.15) is 11.9 Å². The van der Waals surface area contributed by atoms with E-state index in [0.29, 0.717) is 13.0 Å². The Morgan fingerprint density at radius 1 is 1.72 bits per heavy atom. The van der Waals surface area contributed by atoms with Crippen LogP contribution in [0.5, 0.6) is 0 Å². The lowest BCUT2D eigenvalue weighted by Crippen LogP contribution is -2.33. The normalized spacial score (nSPS) is 27.6. The first kappa shape index (κ1) is 13.0. The first-order valence-electron chi connectivity index (χ1n) is 5.88. The fourth-order valence-corrected chi connectivity index (χ4v) is 2.06. The lowest BCUT2D eigenvalue weighted by molar-refractivity contribution is -0.0705. The zero-order valence-electron chi connectivity index (χ0n) is 10.2. The van der Waals surface area contributed by atoms with Gasteiger partial charge in [0.15, 0.2) is 6.23 Å². The Bertz CT molecular complexity index is 462. The largest absolute Gasteiger partial charge is 0.394 e. The van der Waals surface area contributed by atoms with Crippen molar-refractivity contribution >= 4 is 5.82 Å². The van der Waals surface area contributed by atoms with E-state index in [2.05, 4.69) is 4.98 Å². The third-order valence-electron chi connectivity index (χ3n) is 2.86. The quantitative estimate of drug-likeness (QED) is 0.753. The fourth-order valence-electron chi connectivity index (χ4n) is 2.06. The Balaban J connectivity index is 2.26. The van der Waals surface area contributed by atoms with Crippen molar-refractivity contribution in [1.29, 1.82) is 0 Å². The second kappa shape index (κ2) is 5.47. The monoisotopic (exact) mass is 255 g/mol. The molecule has 1 aromatic rings. The molecule has 0 saturated carbocycles. The highest BCUT2D eigenvalue weighted by Gasteiger charge is 2.37. The summed E-state index contributed by atoms with van der Waals surface area (Å²) in [6, 6.07) is 1.53. The van der Waals surface area contributed by atoms with Crippen LogP contribution >= 0.6 is 0 Å². The molecule has 0 aromatic carbocycles. The number of nitrogens with zero attached hydrogens (tertiary/aromatic N) is 2. The summed E-state index contributed by atoms with van der Waals surface area (Å²) in [7, 11) is 0. The van der Waals surface area contributed by atoms with Gasteiger partial charge in [-0.25, -0.2) is 4.79 Å². The molecule has 1 aliphatic rings. The molecular formula is C11H17N3O4. The van der Waals surface area contributed by atoms with Gasteiger partial charge in [-0.15, -0.1) is 0 Å². The summed E-state index contributed by atoms with van der Waals surface area (Å²) >= 11 is 0. The summed E-state index contributed by atoms with van der Waals surface area (Å²) in [5, 5.41) is 9.13. The van der Waals surface area contributed by atoms with Crippen molar-refractivity contribution < 1.29 is 14.6 Å². The minimum atomic E-state index is -0.567. The molecule has 100 valence electrons. The van der Waals surface area contributed by atoms with E-state index in [0.717, 1.165) is 0 Å². The van der Waals surface area contributed by atoms with Crippen LogP contribution < -0.4 is 11.4 Å². The Morgan fingerprint density at radius 2 is 2.50 bits per heavy atom. The van der Waals surface area contributed by atoms with E-state index < -0.39 is 11.9 Å². The summed E-state index contributed by atoms with van der Waals surface area (Å²) in [5.41, 5.74) is 4.95. The molecule has 0 bridgehead atoms. The molecule has 7 nitrogen and oxygen atoms in total. The maximum absolute atomic E-state index is 11.7. The number of anilines is 1. The molecule has 0 spiro atoms. The van der Waals surface area contributed by atoms with Crippen molar-refractivity contribution in [1.82, 2.24) is 9.55 Å². The maximum Gasteiger partial charge on any atom is 0.351 e. The Hall–Kier alpha value is -1.44. The van der Waals surface area contributed by atoms with E-state index in [4.69, 9.17) is 20.3 Å². The van der Waals surface area contributed by atoms with Crippen LogP contribution in [0.15, 0.2) is 17.1 Å². The van der Waals surface area contributed by atoms with Gasteiger partial charge in [-0.3, -0.25) is 4.57 Å². The van der Waals surface area contributed by atoms with E-state index in [1.165, 1.54) is 16.8 Å². The van der Waals surface area contributed by atoms with Gasteiger partial charge in [0.2, 0.25) is 0 Å². The average Bonchev–Trinajstić information content (AvgIpc) is 2.73. The standard InChI is InChI=1S/C11H17N3O4/c1-2-17-8-5-7(6-15)18-10(8)14-4-3-9(12)13-11(14)16/h3-4,7-8,10,15H,2,5-6H2,1H3,(H2,12,13,16). The molecule has 0 amide bonds. The zero-order chi connectivity index (χ0) is 13.1. The smallest absolute Gasteiger partial charge is 0.351 e. The van der Waals surface area contributed by atoms with Gasteiger partial charge in [0, 0.05) is 19.2 Å². The molecule has 3 N–H and O–H groups in total. The molecule has 2 rings (SSSR count). The van der Waals surface area contributed by atoms with Crippen LogP contribution in [-0.2, 0) is 9.47 Å². The van der Waals surface area contributed by atoms with Gasteiger partial charge >= 0.3 is 5.69 Å². The van der Waals surface area contributed by atoms with Gasteiger partial charge in [0.05, 0.1) is 12.7 Å². The molecule has 1 aliphatic heterocycles. The number of rotatable bonds is 4. The van der Waals surface area contributed by atoms with Crippen LogP contribution in [0.1, 0.15) is 19.6 Å². The number of aromatic nitrogens is 2. The van der Waals surface area contributed by atoms with Crippen molar-refractivity contribution in [2.24, 2.45) is 0 Å². The Labute approximate surface area is 104 Å². The summed E-state index contributed by atoms with van der Waals surface area (Å²) in [5.74, 6) is 0.168. The van der Waals surface area contributed by atoms with Crippen molar-refractivity contribution in [2.75, 3.05) is 18.9 Å². The molecule has 0 radical (unpaired) electrons. The maximum atomic E-state index is 11.7. The average molecular weight is 255 g/mol. The molecule has 1 aromatic heterocycles. The highest BCUT2D eigenvalue weighted by Crippen LogP contribution is 2.30. The molecule has 1 fully saturated rings. The lowest BCUT2D eigenvalue weighted by atomic mass is 10.2. The van der Waals surface area contributed by atoms with E-state index in [1.54, 1.807) is 0 Å². The minimum Gasteiger partial charge on any atom is -0.394 e. The van der Waals surface area contributed by atoms with E-state index in [9.17, 15) is 4.79 Å². The number of nitrogen functional groups attached to an aromatic ring is 1. The van der Waals surface area contributed by atoms with Gasteiger partial charge in [-0.2, -0.15) is 4.98 Å². The highest BCUT2D eigenvalue weighted by molar-refractivity contribution is 5.23. The summed E-state index contributed by atoms with van der Waals surface area (Å²) in [6.07, 6.45) is 0.918. The van der Waals surface area contributed by atoms with Crippen molar-refractivity contribution in [3.8, 4) is 0 Å². The zero-order valence-corrected chi connectivity index (χ0v) is 10.2. The molecule has 2 heterocycles. The first-order valence-corrected chi connectivity index (χ1v) is 5.88. The minimum absolute atomic E-state index is 0.1000. The van der Waals surface area contributed by atoms with Gasteiger partial charge in [-0.05, 0) is 13.0 Å².